The van der Waals surface area contributed by atoms with Gasteiger partial charge in [0, 0.05) is 6.54 Å². The molecule has 6 nitrogen and oxygen atoms in total. The molecule has 1 aromatic rings. The van der Waals surface area contributed by atoms with Crippen molar-refractivity contribution in [1.29, 1.82) is 0 Å². The summed E-state index contributed by atoms with van der Waals surface area (Å²) in [7, 11) is 0. The fraction of sp³-hybridized carbons (Fsp3) is 0.429. The zero-order chi connectivity index (χ0) is 14.4. The van der Waals surface area contributed by atoms with Gasteiger partial charge in [0.15, 0.2) is 5.54 Å². The first-order chi connectivity index (χ1) is 9.62. The first-order valence-electron chi connectivity index (χ1n) is 6.55. The number of benzene rings is 1. The van der Waals surface area contributed by atoms with Crippen molar-refractivity contribution < 1.29 is 19.4 Å². The van der Waals surface area contributed by atoms with Gasteiger partial charge in [-0.25, -0.2) is 9.59 Å². The summed E-state index contributed by atoms with van der Waals surface area (Å²) in [6, 6.07) is 9.24. The van der Waals surface area contributed by atoms with Crippen LogP contribution in [-0.2, 0) is 16.1 Å². The molecule has 2 rings (SSSR count). The number of carboxylic acid groups (broad SMARTS) is 1. The van der Waals surface area contributed by atoms with Gasteiger partial charge < -0.3 is 20.5 Å². The number of amides is 1. The Hall–Kier alpha value is -2.08. The number of piperidine rings is 1. The molecule has 1 aromatic carbocycles. The molecule has 20 heavy (non-hydrogen) atoms. The second-order valence-electron chi connectivity index (χ2n) is 4.85. The molecule has 1 fully saturated rings. The van der Waals surface area contributed by atoms with Crippen molar-refractivity contribution in [3.63, 3.8) is 0 Å². The van der Waals surface area contributed by atoms with Crippen LogP contribution in [-0.4, -0.2) is 35.8 Å². The molecule has 1 aliphatic heterocycles. The van der Waals surface area contributed by atoms with E-state index in [4.69, 9.17) is 4.74 Å². The Bertz CT molecular complexity index is 469. The lowest BCUT2D eigenvalue weighted by atomic mass is 9.90. The van der Waals surface area contributed by atoms with E-state index in [2.05, 4.69) is 10.6 Å². The van der Waals surface area contributed by atoms with E-state index in [0.29, 0.717) is 12.8 Å². The average molecular weight is 278 g/mol. The van der Waals surface area contributed by atoms with Gasteiger partial charge in [-0.2, -0.15) is 0 Å². The number of hydrogen-bond donors (Lipinski definition) is 3. The summed E-state index contributed by atoms with van der Waals surface area (Å²) in [5, 5.41) is 14.8. The van der Waals surface area contributed by atoms with Crippen molar-refractivity contribution in [2.45, 2.75) is 25.0 Å². The van der Waals surface area contributed by atoms with E-state index in [9.17, 15) is 14.7 Å². The number of carbonyl (C=O) groups excluding carboxylic acids is 1. The molecule has 0 saturated carbocycles. The smallest absolute Gasteiger partial charge is 0.408 e. The molecule has 3 N–H and O–H groups in total. The highest BCUT2D eigenvalue weighted by Gasteiger charge is 2.41. The molecule has 6 heteroatoms. The third-order valence-corrected chi connectivity index (χ3v) is 3.35. The number of hydrogen-bond acceptors (Lipinski definition) is 4. The molecule has 1 saturated heterocycles. The number of aliphatic carboxylic acids is 1. The summed E-state index contributed by atoms with van der Waals surface area (Å²) < 4.78 is 5.06. The van der Waals surface area contributed by atoms with Crippen LogP contribution in [0.1, 0.15) is 18.4 Å². The van der Waals surface area contributed by atoms with Gasteiger partial charge in [-0.1, -0.05) is 30.3 Å². The lowest BCUT2D eigenvalue weighted by Gasteiger charge is -2.33. The highest BCUT2D eigenvalue weighted by atomic mass is 16.5. The van der Waals surface area contributed by atoms with Gasteiger partial charge in [-0.15, -0.1) is 0 Å². The zero-order valence-corrected chi connectivity index (χ0v) is 11.1. The first-order valence-corrected chi connectivity index (χ1v) is 6.55. The minimum atomic E-state index is -1.27. The maximum atomic E-state index is 11.8. The number of carbonyl (C=O) groups is 2. The minimum absolute atomic E-state index is 0.121. The van der Waals surface area contributed by atoms with E-state index in [0.717, 1.165) is 12.1 Å². The summed E-state index contributed by atoms with van der Waals surface area (Å²) in [5.41, 5.74) is -0.416. The first kappa shape index (κ1) is 14.3. The summed E-state index contributed by atoms with van der Waals surface area (Å²) in [6.07, 6.45) is 0.390. The van der Waals surface area contributed by atoms with Crippen molar-refractivity contribution in [3.8, 4) is 0 Å². The van der Waals surface area contributed by atoms with Gasteiger partial charge in [0.1, 0.15) is 6.61 Å². The van der Waals surface area contributed by atoms with Crippen LogP contribution in [0.2, 0.25) is 0 Å². The summed E-state index contributed by atoms with van der Waals surface area (Å²) >= 11 is 0. The number of rotatable bonds is 4. The highest BCUT2D eigenvalue weighted by Crippen LogP contribution is 2.17. The standard InChI is InChI=1S/C14H18N2O4/c17-12(18)14(7-4-8-15-10-14)16-13(19)20-9-11-5-2-1-3-6-11/h1-3,5-6,15H,4,7-10H2,(H,16,19)(H,17,18). The van der Waals surface area contributed by atoms with Gasteiger partial charge in [0.05, 0.1) is 0 Å². The largest absolute Gasteiger partial charge is 0.479 e. The monoisotopic (exact) mass is 278 g/mol. The van der Waals surface area contributed by atoms with Crippen molar-refractivity contribution in [3.05, 3.63) is 35.9 Å². The second kappa shape index (κ2) is 6.38. The third kappa shape index (κ3) is 3.48. The van der Waals surface area contributed by atoms with E-state index in [1.807, 2.05) is 30.3 Å². The molecule has 0 aromatic heterocycles. The lowest BCUT2D eigenvalue weighted by molar-refractivity contribution is -0.145. The van der Waals surface area contributed by atoms with Crippen molar-refractivity contribution in [2.75, 3.05) is 13.1 Å². The highest BCUT2D eigenvalue weighted by molar-refractivity contribution is 5.84. The number of alkyl carbamates (subject to hydrolysis) is 1. The quantitative estimate of drug-likeness (QED) is 0.768. The molecule has 0 bridgehead atoms. The molecular formula is C14H18N2O4. The Balaban J connectivity index is 1.90. The molecule has 0 aliphatic carbocycles. The summed E-state index contributed by atoms with van der Waals surface area (Å²) in [5.74, 6) is -1.04. The Kier molecular flexibility index (Phi) is 4.57. The molecule has 1 heterocycles. The van der Waals surface area contributed by atoms with Crippen LogP contribution in [0.4, 0.5) is 4.79 Å². The van der Waals surface area contributed by atoms with Gasteiger partial charge in [-0.3, -0.25) is 0 Å². The fourth-order valence-electron chi connectivity index (χ4n) is 2.20. The molecule has 1 atom stereocenters. The Morgan fingerprint density at radius 3 is 2.70 bits per heavy atom. The summed E-state index contributed by atoms with van der Waals surface area (Å²) in [4.78, 5) is 23.1. The van der Waals surface area contributed by atoms with E-state index < -0.39 is 17.6 Å². The van der Waals surface area contributed by atoms with Gasteiger partial charge in [0.2, 0.25) is 0 Å². The molecule has 0 spiro atoms. The minimum Gasteiger partial charge on any atom is -0.479 e. The average Bonchev–Trinajstić information content (AvgIpc) is 2.47. The number of ether oxygens (including phenoxy) is 1. The molecule has 0 radical (unpaired) electrons. The maximum Gasteiger partial charge on any atom is 0.408 e. The van der Waals surface area contributed by atoms with Crippen LogP contribution < -0.4 is 10.6 Å². The normalized spacial score (nSPS) is 22.0. The van der Waals surface area contributed by atoms with E-state index in [1.54, 1.807) is 0 Å². The molecule has 1 amide bonds. The molecule has 1 aliphatic rings. The predicted molar refractivity (Wildman–Crippen MR) is 72.2 cm³/mol. The van der Waals surface area contributed by atoms with E-state index >= 15 is 0 Å². The van der Waals surface area contributed by atoms with Crippen LogP contribution in [0, 0.1) is 0 Å². The van der Waals surface area contributed by atoms with Crippen molar-refractivity contribution in [2.24, 2.45) is 0 Å². The SMILES string of the molecule is O=C(NC1(C(=O)O)CCCNC1)OCc1ccccc1. The molecular weight excluding hydrogens is 260 g/mol. The van der Waals surface area contributed by atoms with Gasteiger partial charge in [-0.05, 0) is 24.9 Å². The van der Waals surface area contributed by atoms with Crippen LogP contribution in [0.3, 0.4) is 0 Å². The number of nitrogens with one attached hydrogen (secondary N) is 2. The predicted octanol–water partition coefficient (Wildman–Crippen LogP) is 1.12. The molecule has 108 valence electrons. The topological polar surface area (TPSA) is 87.7 Å². The third-order valence-electron chi connectivity index (χ3n) is 3.35. The molecule has 1 unspecified atom stereocenters. The van der Waals surface area contributed by atoms with E-state index in [1.165, 1.54) is 0 Å². The van der Waals surface area contributed by atoms with Crippen LogP contribution in [0.15, 0.2) is 30.3 Å². The van der Waals surface area contributed by atoms with Gasteiger partial charge >= 0.3 is 12.1 Å². The van der Waals surface area contributed by atoms with Crippen LogP contribution in [0.25, 0.3) is 0 Å². The van der Waals surface area contributed by atoms with Crippen molar-refractivity contribution in [1.82, 2.24) is 10.6 Å². The Morgan fingerprint density at radius 2 is 2.10 bits per heavy atom. The summed E-state index contributed by atoms with van der Waals surface area (Å²) in [6.45, 7) is 1.09. The van der Waals surface area contributed by atoms with Crippen LogP contribution in [0.5, 0.6) is 0 Å². The Morgan fingerprint density at radius 1 is 1.35 bits per heavy atom. The van der Waals surface area contributed by atoms with Crippen LogP contribution >= 0.6 is 0 Å². The zero-order valence-electron chi connectivity index (χ0n) is 11.1. The van der Waals surface area contributed by atoms with Crippen molar-refractivity contribution >= 4 is 12.1 Å². The lowest BCUT2D eigenvalue weighted by Crippen LogP contribution is -2.62. The number of carboxylic acids is 1. The Labute approximate surface area is 117 Å². The van der Waals surface area contributed by atoms with Gasteiger partial charge in [0.25, 0.3) is 0 Å². The van der Waals surface area contributed by atoms with E-state index in [-0.39, 0.29) is 13.2 Å². The fourth-order valence-corrected chi connectivity index (χ4v) is 2.20. The second-order valence-corrected chi connectivity index (χ2v) is 4.85. The maximum absolute atomic E-state index is 11.8.